The molecule has 0 radical (unpaired) electrons. The van der Waals surface area contributed by atoms with Crippen molar-refractivity contribution in [1.29, 1.82) is 0 Å². The molecular formula is C15H33N3. The minimum Gasteiger partial charge on any atom is -0.316 e. The van der Waals surface area contributed by atoms with Crippen molar-refractivity contribution < 1.29 is 0 Å². The van der Waals surface area contributed by atoms with Gasteiger partial charge in [-0.2, -0.15) is 0 Å². The van der Waals surface area contributed by atoms with E-state index >= 15 is 0 Å². The Morgan fingerprint density at radius 3 is 2.39 bits per heavy atom. The van der Waals surface area contributed by atoms with Crippen LogP contribution in [0.5, 0.6) is 0 Å². The van der Waals surface area contributed by atoms with Gasteiger partial charge in [-0.05, 0) is 58.4 Å². The highest BCUT2D eigenvalue weighted by Crippen LogP contribution is 2.24. The first-order chi connectivity index (χ1) is 8.50. The van der Waals surface area contributed by atoms with Crippen molar-refractivity contribution in [2.45, 2.75) is 46.1 Å². The number of piperidine rings is 1. The molecule has 0 amide bonds. The zero-order valence-corrected chi connectivity index (χ0v) is 13.1. The number of hydrogen-bond donors (Lipinski definition) is 1. The Hall–Kier alpha value is -0.120. The third-order valence-corrected chi connectivity index (χ3v) is 4.60. The predicted octanol–water partition coefficient (Wildman–Crippen LogP) is 2.04. The van der Waals surface area contributed by atoms with Crippen LogP contribution in [0.1, 0.15) is 40.0 Å². The molecule has 1 unspecified atom stereocenters. The predicted molar refractivity (Wildman–Crippen MR) is 80.1 cm³/mol. The van der Waals surface area contributed by atoms with Crippen LogP contribution in [0.2, 0.25) is 0 Å². The van der Waals surface area contributed by atoms with Crippen LogP contribution in [-0.4, -0.2) is 62.7 Å². The van der Waals surface area contributed by atoms with Crippen LogP contribution in [0.15, 0.2) is 0 Å². The van der Waals surface area contributed by atoms with E-state index in [1.807, 2.05) is 0 Å². The number of nitrogens with zero attached hydrogens (tertiary/aromatic N) is 2. The highest BCUT2D eigenvalue weighted by atomic mass is 15.2. The van der Waals surface area contributed by atoms with Crippen LogP contribution < -0.4 is 5.32 Å². The fourth-order valence-electron chi connectivity index (χ4n) is 2.89. The molecule has 1 saturated heterocycles. The molecule has 1 rings (SSSR count). The van der Waals surface area contributed by atoms with Gasteiger partial charge in [0.15, 0.2) is 0 Å². The van der Waals surface area contributed by atoms with E-state index in [-0.39, 0.29) is 0 Å². The van der Waals surface area contributed by atoms with E-state index in [0.717, 1.165) is 19.1 Å². The summed E-state index contributed by atoms with van der Waals surface area (Å²) in [4.78, 5) is 5.05. The van der Waals surface area contributed by atoms with Gasteiger partial charge in [0.1, 0.15) is 0 Å². The highest BCUT2D eigenvalue weighted by Gasteiger charge is 2.28. The fraction of sp³-hybridized carbons (Fsp3) is 1.00. The SMILES string of the molecule is CCNCC(C)(CC)CN(C)C1CCN(C)CC1. The molecule has 3 nitrogen and oxygen atoms in total. The van der Waals surface area contributed by atoms with E-state index in [0.29, 0.717) is 5.41 Å². The molecule has 0 aromatic heterocycles. The molecule has 18 heavy (non-hydrogen) atoms. The normalized spacial score (nSPS) is 22.3. The van der Waals surface area contributed by atoms with E-state index < -0.39 is 0 Å². The Bertz CT molecular complexity index is 224. The monoisotopic (exact) mass is 255 g/mol. The number of likely N-dealkylation sites (tertiary alicyclic amines) is 1. The van der Waals surface area contributed by atoms with E-state index in [1.165, 1.54) is 38.9 Å². The van der Waals surface area contributed by atoms with Crippen molar-refractivity contribution in [3.05, 3.63) is 0 Å². The molecule has 1 N–H and O–H groups in total. The van der Waals surface area contributed by atoms with Gasteiger partial charge in [-0.25, -0.2) is 0 Å². The number of hydrogen-bond acceptors (Lipinski definition) is 3. The second kappa shape index (κ2) is 7.46. The van der Waals surface area contributed by atoms with Gasteiger partial charge in [-0.3, -0.25) is 0 Å². The Balaban J connectivity index is 2.43. The molecule has 0 spiro atoms. The lowest BCUT2D eigenvalue weighted by Gasteiger charge is -2.40. The lowest BCUT2D eigenvalue weighted by atomic mass is 9.86. The zero-order valence-electron chi connectivity index (χ0n) is 13.1. The lowest BCUT2D eigenvalue weighted by molar-refractivity contribution is 0.0971. The molecule has 0 saturated carbocycles. The smallest absolute Gasteiger partial charge is 0.0117 e. The fourth-order valence-corrected chi connectivity index (χ4v) is 2.89. The summed E-state index contributed by atoms with van der Waals surface area (Å²) in [6, 6.07) is 0.786. The first-order valence-corrected chi connectivity index (χ1v) is 7.60. The summed E-state index contributed by atoms with van der Waals surface area (Å²) in [6.07, 6.45) is 3.90. The minimum atomic E-state index is 0.411. The van der Waals surface area contributed by atoms with Crippen molar-refractivity contribution in [3.8, 4) is 0 Å². The number of nitrogens with one attached hydrogen (secondary N) is 1. The van der Waals surface area contributed by atoms with E-state index in [4.69, 9.17) is 0 Å². The quantitative estimate of drug-likeness (QED) is 0.751. The molecular weight excluding hydrogens is 222 g/mol. The largest absolute Gasteiger partial charge is 0.316 e. The minimum absolute atomic E-state index is 0.411. The summed E-state index contributed by atoms with van der Waals surface area (Å²) >= 11 is 0. The Morgan fingerprint density at radius 1 is 1.28 bits per heavy atom. The third kappa shape index (κ3) is 4.87. The van der Waals surface area contributed by atoms with Crippen LogP contribution in [0.4, 0.5) is 0 Å². The van der Waals surface area contributed by atoms with Gasteiger partial charge < -0.3 is 15.1 Å². The second-order valence-electron chi connectivity index (χ2n) is 6.39. The summed E-state index contributed by atoms with van der Waals surface area (Å²) < 4.78 is 0. The van der Waals surface area contributed by atoms with E-state index in [2.05, 4.69) is 50.0 Å². The Morgan fingerprint density at radius 2 is 1.89 bits per heavy atom. The summed E-state index contributed by atoms with van der Waals surface area (Å²) in [5, 5.41) is 3.52. The van der Waals surface area contributed by atoms with E-state index in [1.54, 1.807) is 0 Å². The standard InChI is InChI=1S/C15H33N3/c1-6-15(3,12-16-7-2)13-18(5)14-8-10-17(4)11-9-14/h14,16H,6-13H2,1-5H3. The van der Waals surface area contributed by atoms with Crippen LogP contribution in [-0.2, 0) is 0 Å². The topological polar surface area (TPSA) is 18.5 Å². The zero-order chi connectivity index (χ0) is 13.6. The Labute approximate surface area is 114 Å². The van der Waals surface area contributed by atoms with Gasteiger partial charge in [0.05, 0.1) is 0 Å². The van der Waals surface area contributed by atoms with Crippen LogP contribution in [0.25, 0.3) is 0 Å². The average Bonchev–Trinajstić information content (AvgIpc) is 2.37. The molecule has 0 aliphatic carbocycles. The molecule has 0 aromatic rings. The van der Waals surface area contributed by atoms with Gasteiger partial charge in [-0.1, -0.05) is 20.8 Å². The molecule has 1 atom stereocenters. The van der Waals surface area contributed by atoms with Gasteiger partial charge in [-0.15, -0.1) is 0 Å². The molecule has 0 bridgehead atoms. The summed E-state index contributed by atoms with van der Waals surface area (Å²) in [5.74, 6) is 0. The van der Waals surface area contributed by atoms with Gasteiger partial charge in [0, 0.05) is 19.1 Å². The number of rotatable bonds is 7. The molecule has 1 heterocycles. The molecule has 1 fully saturated rings. The van der Waals surface area contributed by atoms with Crippen LogP contribution in [0, 0.1) is 5.41 Å². The highest BCUT2D eigenvalue weighted by molar-refractivity contribution is 4.83. The van der Waals surface area contributed by atoms with E-state index in [9.17, 15) is 0 Å². The summed E-state index contributed by atoms with van der Waals surface area (Å²) in [5.41, 5.74) is 0.411. The average molecular weight is 255 g/mol. The molecule has 1 aliphatic rings. The van der Waals surface area contributed by atoms with Crippen molar-refractivity contribution in [2.24, 2.45) is 5.41 Å². The van der Waals surface area contributed by atoms with Crippen molar-refractivity contribution in [1.82, 2.24) is 15.1 Å². The van der Waals surface area contributed by atoms with Crippen molar-refractivity contribution in [3.63, 3.8) is 0 Å². The van der Waals surface area contributed by atoms with Crippen molar-refractivity contribution >= 4 is 0 Å². The van der Waals surface area contributed by atoms with Crippen LogP contribution >= 0.6 is 0 Å². The molecule has 1 aliphatic heterocycles. The van der Waals surface area contributed by atoms with Crippen LogP contribution in [0.3, 0.4) is 0 Å². The third-order valence-electron chi connectivity index (χ3n) is 4.60. The van der Waals surface area contributed by atoms with Gasteiger partial charge >= 0.3 is 0 Å². The molecule has 3 heteroatoms. The maximum atomic E-state index is 3.52. The first-order valence-electron chi connectivity index (χ1n) is 7.60. The summed E-state index contributed by atoms with van der Waals surface area (Å²) in [6.45, 7) is 12.9. The Kier molecular flexibility index (Phi) is 6.61. The first kappa shape index (κ1) is 15.9. The lowest BCUT2D eigenvalue weighted by Crippen LogP contribution is -2.47. The van der Waals surface area contributed by atoms with Gasteiger partial charge in [0.2, 0.25) is 0 Å². The second-order valence-corrected chi connectivity index (χ2v) is 6.39. The van der Waals surface area contributed by atoms with Gasteiger partial charge in [0.25, 0.3) is 0 Å². The maximum absolute atomic E-state index is 3.52. The summed E-state index contributed by atoms with van der Waals surface area (Å²) in [7, 11) is 4.55. The maximum Gasteiger partial charge on any atom is 0.0117 e. The molecule has 108 valence electrons. The van der Waals surface area contributed by atoms with Crippen molar-refractivity contribution in [2.75, 3.05) is 46.8 Å². The molecule has 0 aromatic carbocycles.